The van der Waals surface area contributed by atoms with Gasteiger partial charge in [-0.1, -0.05) is 23.2 Å². The minimum Gasteiger partial charge on any atom is -0.491 e. The zero-order valence-electron chi connectivity index (χ0n) is 10.0. The van der Waals surface area contributed by atoms with Gasteiger partial charge in [-0.05, 0) is 24.6 Å². The molecule has 0 amide bonds. The topological polar surface area (TPSA) is 58.6 Å². The van der Waals surface area contributed by atoms with Crippen molar-refractivity contribution >= 4 is 29.2 Å². The smallest absolute Gasteiger partial charge is 0.304 e. The molecule has 18 heavy (non-hydrogen) atoms. The minimum absolute atomic E-state index is 0.0818. The fourth-order valence-electron chi connectivity index (χ4n) is 1.42. The lowest BCUT2D eigenvalue weighted by Crippen LogP contribution is -2.17. The van der Waals surface area contributed by atoms with E-state index in [0.717, 1.165) is 5.56 Å². The van der Waals surface area contributed by atoms with Crippen LogP contribution in [0.2, 0.25) is 10.0 Å². The highest BCUT2D eigenvalue weighted by atomic mass is 35.5. The van der Waals surface area contributed by atoms with E-state index in [1.807, 2.05) is 6.92 Å². The van der Waals surface area contributed by atoms with Crippen LogP contribution in [0.3, 0.4) is 0 Å². The number of rotatable bonds is 7. The summed E-state index contributed by atoms with van der Waals surface area (Å²) in [6.07, 6.45) is 0.0818. The highest BCUT2D eigenvalue weighted by Gasteiger charge is 2.09. The van der Waals surface area contributed by atoms with Crippen molar-refractivity contribution in [2.75, 3.05) is 13.2 Å². The highest BCUT2D eigenvalue weighted by molar-refractivity contribution is 6.37. The van der Waals surface area contributed by atoms with Gasteiger partial charge in [-0.25, -0.2) is 0 Å². The molecule has 0 unspecified atom stereocenters. The first-order valence-corrected chi connectivity index (χ1v) is 6.33. The summed E-state index contributed by atoms with van der Waals surface area (Å²) in [4.78, 5) is 10.3. The summed E-state index contributed by atoms with van der Waals surface area (Å²) in [7, 11) is 0. The standard InChI is InChI=1S/C12H15Cl2NO3/c1-2-18-12-9(13)5-8(6-10(12)14)7-15-4-3-11(16)17/h5-6,15H,2-4,7H2,1H3,(H,16,17). The van der Waals surface area contributed by atoms with E-state index < -0.39 is 5.97 Å². The molecule has 0 aromatic heterocycles. The van der Waals surface area contributed by atoms with Crippen molar-refractivity contribution in [2.24, 2.45) is 0 Å². The van der Waals surface area contributed by atoms with E-state index in [0.29, 0.717) is 35.5 Å². The largest absolute Gasteiger partial charge is 0.491 e. The van der Waals surface area contributed by atoms with Crippen LogP contribution in [0, 0.1) is 0 Å². The number of carbonyl (C=O) groups is 1. The molecule has 0 radical (unpaired) electrons. The highest BCUT2D eigenvalue weighted by Crippen LogP contribution is 2.34. The number of hydrogen-bond donors (Lipinski definition) is 2. The molecule has 2 N–H and O–H groups in total. The molecule has 0 aliphatic rings. The lowest BCUT2D eigenvalue weighted by atomic mass is 10.2. The average Bonchev–Trinajstić information content (AvgIpc) is 2.29. The second-order valence-electron chi connectivity index (χ2n) is 3.64. The molecule has 1 rings (SSSR count). The summed E-state index contributed by atoms with van der Waals surface area (Å²) in [6.45, 7) is 3.26. The zero-order chi connectivity index (χ0) is 13.5. The first-order valence-electron chi connectivity index (χ1n) is 5.57. The molecule has 0 bridgehead atoms. The number of carboxylic acids is 1. The molecule has 0 heterocycles. The van der Waals surface area contributed by atoms with Gasteiger partial charge in [-0.2, -0.15) is 0 Å². The third-order valence-corrected chi connectivity index (χ3v) is 2.75. The van der Waals surface area contributed by atoms with Crippen LogP contribution in [0.5, 0.6) is 5.75 Å². The number of ether oxygens (including phenoxy) is 1. The van der Waals surface area contributed by atoms with E-state index in [2.05, 4.69) is 5.32 Å². The van der Waals surface area contributed by atoms with Crippen LogP contribution in [0.1, 0.15) is 18.9 Å². The summed E-state index contributed by atoms with van der Waals surface area (Å²) in [6, 6.07) is 3.51. The van der Waals surface area contributed by atoms with E-state index in [4.69, 9.17) is 33.0 Å². The third-order valence-electron chi connectivity index (χ3n) is 2.19. The van der Waals surface area contributed by atoms with Gasteiger partial charge in [0.25, 0.3) is 0 Å². The van der Waals surface area contributed by atoms with Crippen LogP contribution in [0.15, 0.2) is 12.1 Å². The molecule has 1 aromatic rings. The van der Waals surface area contributed by atoms with Gasteiger partial charge in [-0.15, -0.1) is 0 Å². The lowest BCUT2D eigenvalue weighted by Gasteiger charge is -2.10. The van der Waals surface area contributed by atoms with Crippen molar-refractivity contribution in [2.45, 2.75) is 19.9 Å². The van der Waals surface area contributed by atoms with E-state index in [-0.39, 0.29) is 6.42 Å². The number of halogens is 2. The summed E-state index contributed by atoms with van der Waals surface area (Å²) in [5.74, 6) is -0.347. The third kappa shape index (κ3) is 4.72. The van der Waals surface area contributed by atoms with Crippen LogP contribution in [0.4, 0.5) is 0 Å². The minimum atomic E-state index is -0.828. The Morgan fingerprint density at radius 1 is 1.39 bits per heavy atom. The maximum Gasteiger partial charge on any atom is 0.304 e. The van der Waals surface area contributed by atoms with Gasteiger partial charge in [0.15, 0.2) is 5.75 Å². The lowest BCUT2D eigenvalue weighted by molar-refractivity contribution is -0.136. The first kappa shape index (κ1) is 15.1. The number of hydrogen-bond acceptors (Lipinski definition) is 3. The number of aliphatic carboxylic acids is 1. The molecule has 4 nitrogen and oxygen atoms in total. The maximum atomic E-state index is 10.3. The zero-order valence-corrected chi connectivity index (χ0v) is 11.5. The number of benzene rings is 1. The van der Waals surface area contributed by atoms with Gasteiger partial charge in [0, 0.05) is 13.1 Å². The second kappa shape index (κ2) is 7.46. The van der Waals surface area contributed by atoms with E-state index in [1.54, 1.807) is 12.1 Å². The van der Waals surface area contributed by atoms with Gasteiger partial charge >= 0.3 is 5.97 Å². The summed E-state index contributed by atoms with van der Waals surface area (Å²) in [5, 5.41) is 12.4. The summed E-state index contributed by atoms with van der Waals surface area (Å²) in [5.41, 5.74) is 0.888. The molecule has 0 spiro atoms. The maximum absolute atomic E-state index is 10.3. The summed E-state index contributed by atoms with van der Waals surface area (Å²) >= 11 is 12.1. The van der Waals surface area contributed by atoms with Crippen molar-refractivity contribution in [3.05, 3.63) is 27.7 Å². The van der Waals surface area contributed by atoms with E-state index >= 15 is 0 Å². The Kier molecular flexibility index (Phi) is 6.25. The average molecular weight is 292 g/mol. The molecular formula is C12H15Cl2NO3. The van der Waals surface area contributed by atoms with Gasteiger partial charge < -0.3 is 15.2 Å². The fraction of sp³-hybridized carbons (Fsp3) is 0.417. The molecule has 1 aromatic carbocycles. The van der Waals surface area contributed by atoms with Crippen molar-refractivity contribution in [1.82, 2.24) is 5.32 Å². The normalized spacial score (nSPS) is 10.4. The van der Waals surface area contributed by atoms with Gasteiger partial charge in [0.05, 0.1) is 23.1 Å². The molecule has 0 saturated heterocycles. The van der Waals surface area contributed by atoms with E-state index in [9.17, 15) is 4.79 Å². The Labute approximate surface area is 116 Å². The Hall–Kier alpha value is -0.970. The van der Waals surface area contributed by atoms with Crippen LogP contribution in [-0.2, 0) is 11.3 Å². The molecule has 0 fully saturated rings. The van der Waals surface area contributed by atoms with Gasteiger partial charge in [0.1, 0.15) is 0 Å². The molecule has 0 saturated carbocycles. The van der Waals surface area contributed by atoms with Gasteiger partial charge in [-0.3, -0.25) is 4.79 Å². The molecular weight excluding hydrogens is 277 g/mol. The predicted molar refractivity (Wildman–Crippen MR) is 71.6 cm³/mol. The van der Waals surface area contributed by atoms with Gasteiger partial charge in [0.2, 0.25) is 0 Å². The fourth-order valence-corrected chi connectivity index (χ4v) is 2.07. The first-order chi connectivity index (χ1) is 8.54. The number of nitrogens with one attached hydrogen (secondary N) is 1. The molecule has 6 heteroatoms. The van der Waals surface area contributed by atoms with Crippen molar-refractivity contribution in [1.29, 1.82) is 0 Å². The Bertz CT molecular complexity index is 401. The second-order valence-corrected chi connectivity index (χ2v) is 4.46. The summed E-state index contributed by atoms with van der Waals surface area (Å²) < 4.78 is 5.32. The predicted octanol–water partition coefficient (Wildman–Crippen LogP) is 2.96. The van der Waals surface area contributed by atoms with Crippen LogP contribution >= 0.6 is 23.2 Å². The molecule has 100 valence electrons. The Morgan fingerprint density at radius 2 is 2.00 bits per heavy atom. The van der Waals surface area contributed by atoms with E-state index in [1.165, 1.54) is 0 Å². The van der Waals surface area contributed by atoms with Crippen molar-refractivity contribution in [3.63, 3.8) is 0 Å². The SMILES string of the molecule is CCOc1c(Cl)cc(CNCCC(=O)O)cc1Cl. The quantitative estimate of drug-likeness (QED) is 0.759. The van der Waals surface area contributed by atoms with Crippen LogP contribution in [-0.4, -0.2) is 24.2 Å². The molecule has 0 aliphatic heterocycles. The van der Waals surface area contributed by atoms with Crippen molar-refractivity contribution < 1.29 is 14.6 Å². The number of carboxylic acid groups (broad SMARTS) is 1. The van der Waals surface area contributed by atoms with Crippen LogP contribution < -0.4 is 10.1 Å². The Balaban J connectivity index is 2.60. The molecule has 0 aliphatic carbocycles. The monoisotopic (exact) mass is 291 g/mol. The molecule has 0 atom stereocenters. The Morgan fingerprint density at radius 3 is 2.50 bits per heavy atom. The van der Waals surface area contributed by atoms with Crippen LogP contribution in [0.25, 0.3) is 0 Å². The van der Waals surface area contributed by atoms with Crippen molar-refractivity contribution in [3.8, 4) is 5.75 Å².